The lowest BCUT2D eigenvalue weighted by molar-refractivity contribution is 0.0943. The van der Waals surface area contributed by atoms with Gasteiger partial charge in [0.15, 0.2) is 0 Å². The molecule has 1 fully saturated rings. The van der Waals surface area contributed by atoms with Crippen molar-refractivity contribution in [2.24, 2.45) is 0 Å². The third-order valence-electron chi connectivity index (χ3n) is 6.14. The van der Waals surface area contributed by atoms with Crippen molar-refractivity contribution in [3.8, 4) is 5.75 Å². The van der Waals surface area contributed by atoms with E-state index in [1.54, 1.807) is 25.3 Å². The smallest absolute Gasteiger partial charge is 0.323 e. The Morgan fingerprint density at radius 2 is 1.55 bits per heavy atom. The SMILES string of the molecule is COc1ccccc1N1CCN(c2ccc(NC(=O)Nc3ccc(F)cc3F)cc2C(=O)NC(C)C)CC1. The number of hydrogen-bond donors (Lipinski definition) is 3. The molecule has 3 N–H and O–H groups in total. The number of anilines is 4. The van der Waals surface area contributed by atoms with Crippen molar-refractivity contribution < 1.29 is 23.1 Å². The van der Waals surface area contributed by atoms with Crippen molar-refractivity contribution in [3.05, 3.63) is 77.9 Å². The van der Waals surface area contributed by atoms with E-state index in [9.17, 15) is 18.4 Å². The van der Waals surface area contributed by atoms with Crippen LogP contribution in [-0.2, 0) is 0 Å². The monoisotopic (exact) mass is 523 g/mol. The van der Waals surface area contributed by atoms with E-state index in [4.69, 9.17) is 4.74 Å². The Kier molecular flexibility index (Phi) is 8.30. The molecule has 0 spiro atoms. The minimum atomic E-state index is -0.889. The van der Waals surface area contributed by atoms with Crippen LogP contribution in [0.2, 0.25) is 0 Å². The molecule has 0 atom stereocenters. The molecule has 0 bridgehead atoms. The van der Waals surface area contributed by atoms with Crippen molar-refractivity contribution in [1.82, 2.24) is 5.32 Å². The van der Waals surface area contributed by atoms with Gasteiger partial charge in [0, 0.05) is 49.7 Å². The van der Waals surface area contributed by atoms with Crippen LogP contribution in [0.15, 0.2) is 60.7 Å². The minimum Gasteiger partial charge on any atom is -0.495 e. The second-order valence-electron chi connectivity index (χ2n) is 9.21. The number of rotatable bonds is 7. The normalized spacial score (nSPS) is 13.3. The Balaban J connectivity index is 1.51. The molecule has 3 aromatic carbocycles. The van der Waals surface area contributed by atoms with Crippen LogP contribution in [0.25, 0.3) is 0 Å². The molecule has 1 aliphatic heterocycles. The van der Waals surface area contributed by atoms with Gasteiger partial charge in [-0.25, -0.2) is 13.6 Å². The lowest BCUT2D eigenvalue weighted by Crippen LogP contribution is -2.47. The maximum Gasteiger partial charge on any atom is 0.323 e. The molecule has 8 nitrogen and oxygen atoms in total. The zero-order valence-electron chi connectivity index (χ0n) is 21.6. The highest BCUT2D eigenvalue weighted by Gasteiger charge is 2.24. The number of ether oxygens (including phenoxy) is 1. The first-order valence-electron chi connectivity index (χ1n) is 12.4. The van der Waals surface area contributed by atoms with Crippen LogP contribution < -0.4 is 30.5 Å². The Hall–Kier alpha value is -4.34. The summed E-state index contributed by atoms with van der Waals surface area (Å²) in [6, 6.07) is 15.0. The van der Waals surface area contributed by atoms with E-state index in [2.05, 4.69) is 25.8 Å². The first-order valence-corrected chi connectivity index (χ1v) is 12.4. The summed E-state index contributed by atoms with van der Waals surface area (Å²) in [7, 11) is 1.65. The lowest BCUT2D eigenvalue weighted by atomic mass is 10.1. The number of benzene rings is 3. The number of nitrogens with zero attached hydrogens (tertiary/aromatic N) is 2. The molecule has 200 valence electrons. The highest BCUT2D eigenvalue weighted by molar-refractivity contribution is 6.04. The summed E-state index contributed by atoms with van der Waals surface area (Å²) in [4.78, 5) is 30.0. The van der Waals surface area contributed by atoms with Gasteiger partial charge in [-0.1, -0.05) is 12.1 Å². The fraction of sp³-hybridized carbons (Fsp3) is 0.286. The number of carbonyl (C=O) groups excluding carboxylic acids is 2. The third kappa shape index (κ3) is 6.31. The van der Waals surface area contributed by atoms with Gasteiger partial charge in [-0.3, -0.25) is 4.79 Å². The molecule has 3 amide bonds. The molecule has 38 heavy (non-hydrogen) atoms. The molecule has 0 aromatic heterocycles. The van der Waals surface area contributed by atoms with E-state index in [0.717, 1.165) is 42.3 Å². The average Bonchev–Trinajstić information content (AvgIpc) is 2.90. The molecule has 1 saturated heterocycles. The molecule has 1 aliphatic rings. The standard InChI is InChI=1S/C28H31F2N5O3/c1-18(2)31-27(36)21-17-20(32-28(37)33-23-10-8-19(29)16-22(23)30)9-11-24(21)34-12-14-35(15-13-34)25-6-4-5-7-26(25)38-3/h4-11,16-18H,12-15H2,1-3H3,(H,31,36)(H2,32,33,37). The Bertz CT molecular complexity index is 1310. The quantitative estimate of drug-likeness (QED) is 0.402. The fourth-order valence-electron chi connectivity index (χ4n) is 4.37. The molecule has 10 heteroatoms. The highest BCUT2D eigenvalue weighted by Crippen LogP contribution is 2.31. The molecule has 3 aromatic rings. The maximum absolute atomic E-state index is 13.9. The number of para-hydroxylation sites is 2. The van der Waals surface area contributed by atoms with Gasteiger partial charge in [0.2, 0.25) is 0 Å². The van der Waals surface area contributed by atoms with Crippen LogP contribution in [-0.4, -0.2) is 51.3 Å². The van der Waals surface area contributed by atoms with Crippen LogP contribution in [0, 0.1) is 11.6 Å². The van der Waals surface area contributed by atoms with Gasteiger partial charge in [0.05, 0.1) is 24.0 Å². The van der Waals surface area contributed by atoms with Crippen LogP contribution in [0.4, 0.5) is 36.3 Å². The summed E-state index contributed by atoms with van der Waals surface area (Å²) in [6.07, 6.45) is 0. The molecular formula is C28H31F2N5O3. The van der Waals surface area contributed by atoms with Crippen molar-refractivity contribution in [3.63, 3.8) is 0 Å². The van der Waals surface area contributed by atoms with Crippen LogP contribution >= 0.6 is 0 Å². The van der Waals surface area contributed by atoms with E-state index in [-0.39, 0.29) is 17.6 Å². The summed E-state index contributed by atoms with van der Waals surface area (Å²) in [6.45, 7) is 6.56. The lowest BCUT2D eigenvalue weighted by Gasteiger charge is -2.38. The second-order valence-corrected chi connectivity index (χ2v) is 9.21. The van der Waals surface area contributed by atoms with E-state index in [1.807, 2.05) is 38.1 Å². The van der Waals surface area contributed by atoms with Crippen molar-refractivity contribution in [2.75, 3.05) is 53.7 Å². The molecular weight excluding hydrogens is 492 g/mol. The van der Waals surface area contributed by atoms with Gasteiger partial charge in [0.1, 0.15) is 17.4 Å². The summed E-state index contributed by atoms with van der Waals surface area (Å²) in [5.74, 6) is -1.09. The number of methoxy groups -OCH3 is 1. The number of nitrogens with one attached hydrogen (secondary N) is 3. The minimum absolute atomic E-state index is 0.0842. The van der Waals surface area contributed by atoms with Crippen molar-refractivity contribution in [1.29, 1.82) is 0 Å². The first-order chi connectivity index (χ1) is 18.2. The van der Waals surface area contributed by atoms with Crippen molar-refractivity contribution in [2.45, 2.75) is 19.9 Å². The summed E-state index contributed by atoms with van der Waals surface area (Å²) < 4.78 is 32.6. The largest absolute Gasteiger partial charge is 0.495 e. The van der Waals surface area contributed by atoms with E-state index in [1.165, 1.54) is 0 Å². The zero-order chi connectivity index (χ0) is 27.2. The average molecular weight is 524 g/mol. The molecule has 0 aliphatic carbocycles. The Morgan fingerprint density at radius 1 is 0.868 bits per heavy atom. The Labute approximate surface area is 220 Å². The Morgan fingerprint density at radius 3 is 2.21 bits per heavy atom. The van der Waals surface area contributed by atoms with Gasteiger partial charge in [0.25, 0.3) is 5.91 Å². The van der Waals surface area contributed by atoms with Crippen LogP contribution in [0.1, 0.15) is 24.2 Å². The van der Waals surface area contributed by atoms with Crippen LogP contribution in [0.5, 0.6) is 5.75 Å². The van der Waals surface area contributed by atoms with Gasteiger partial charge < -0.3 is 30.5 Å². The van der Waals surface area contributed by atoms with E-state index in [0.29, 0.717) is 30.4 Å². The molecule has 0 saturated carbocycles. The van der Waals surface area contributed by atoms with Crippen LogP contribution in [0.3, 0.4) is 0 Å². The van der Waals surface area contributed by atoms with Gasteiger partial charge in [-0.15, -0.1) is 0 Å². The molecule has 0 unspecified atom stereocenters. The topological polar surface area (TPSA) is 85.9 Å². The number of carbonyl (C=O) groups is 2. The second kappa shape index (κ2) is 11.8. The van der Waals surface area contributed by atoms with Gasteiger partial charge in [-0.2, -0.15) is 0 Å². The third-order valence-corrected chi connectivity index (χ3v) is 6.14. The number of halogens is 2. The van der Waals surface area contributed by atoms with Crippen molar-refractivity contribution >= 4 is 34.7 Å². The van der Waals surface area contributed by atoms with Gasteiger partial charge in [-0.05, 0) is 56.3 Å². The molecule has 0 radical (unpaired) electrons. The maximum atomic E-state index is 13.9. The molecule has 1 heterocycles. The molecule has 4 rings (SSSR count). The van der Waals surface area contributed by atoms with E-state index < -0.39 is 17.7 Å². The number of urea groups is 1. The number of piperazine rings is 1. The summed E-state index contributed by atoms with van der Waals surface area (Å²) in [5, 5.41) is 7.89. The zero-order valence-corrected chi connectivity index (χ0v) is 21.6. The first kappa shape index (κ1) is 26.7. The fourth-order valence-corrected chi connectivity index (χ4v) is 4.37. The predicted octanol–water partition coefficient (Wildman–Crippen LogP) is 5.08. The predicted molar refractivity (Wildman–Crippen MR) is 145 cm³/mol. The van der Waals surface area contributed by atoms with Gasteiger partial charge >= 0.3 is 6.03 Å². The number of hydrogen-bond acceptors (Lipinski definition) is 5. The summed E-state index contributed by atoms with van der Waals surface area (Å²) >= 11 is 0. The highest BCUT2D eigenvalue weighted by atomic mass is 19.1. The summed E-state index contributed by atoms with van der Waals surface area (Å²) in [5.41, 5.74) is 2.38. The van der Waals surface area contributed by atoms with E-state index >= 15 is 0 Å². The number of amides is 3.